The number of nitrogens with one attached hydrogen (secondary N) is 2. The van der Waals surface area contributed by atoms with Gasteiger partial charge in [0.05, 0.1) is 18.2 Å². The highest BCUT2D eigenvalue weighted by atomic mass is 19.1. The minimum Gasteiger partial charge on any atom is -0.466 e. The summed E-state index contributed by atoms with van der Waals surface area (Å²) in [7, 11) is 0. The van der Waals surface area contributed by atoms with Gasteiger partial charge in [0.2, 0.25) is 0 Å². The van der Waals surface area contributed by atoms with Crippen LogP contribution in [0.2, 0.25) is 0 Å². The highest BCUT2D eigenvalue weighted by Crippen LogP contribution is 2.22. The van der Waals surface area contributed by atoms with Gasteiger partial charge in [0.1, 0.15) is 11.6 Å². The summed E-state index contributed by atoms with van der Waals surface area (Å²) in [6, 6.07) is 16.0. The van der Waals surface area contributed by atoms with Crippen LogP contribution in [0.1, 0.15) is 96.3 Å². The number of amides is 2. The van der Waals surface area contributed by atoms with Crippen molar-refractivity contribution in [3.63, 3.8) is 0 Å². The van der Waals surface area contributed by atoms with E-state index in [-0.39, 0.29) is 36.0 Å². The number of aliphatic hydroxyl groups is 1. The number of aryl methyl sites for hydroxylation is 2. The van der Waals surface area contributed by atoms with Gasteiger partial charge in [-0.2, -0.15) is 0 Å². The van der Waals surface area contributed by atoms with Crippen molar-refractivity contribution in [1.82, 2.24) is 15.5 Å². The van der Waals surface area contributed by atoms with E-state index in [1.807, 2.05) is 38.1 Å². The van der Waals surface area contributed by atoms with Crippen LogP contribution in [0.15, 0.2) is 60.7 Å². The number of hydrogen-bond donors (Lipinski definition) is 3. The first-order chi connectivity index (χ1) is 23.4. The fourth-order valence-electron chi connectivity index (χ4n) is 5.93. The third kappa shape index (κ3) is 12.4. The van der Waals surface area contributed by atoms with Crippen molar-refractivity contribution in [2.45, 2.75) is 91.3 Å². The average Bonchev–Trinajstić information content (AvgIpc) is 3.03. The van der Waals surface area contributed by atoms with Crippen LogP contribution >= 0.6 is 0 Å². The summed E-state index contributed by atoms with van der Waals surface area (Å²) in [4.78, 5) is 40.6. The lowest BCUT2D eigenvalue weighted by molar-refractivity contribution is -0.143. The normalized spacial score (nSPS) is 13.0. The lowest BCUT2D eigenvalue weighted by Crippen LogP contribution is -2.58. The van der Waals surface area contributed by atoms with Crippen LogP contribution in [0, 0.1) is 18.6 Å². The molecule has 0 saturated heterocycles. The molecule has 0 saturated carbocycles. The number of aliphatic hydroxyl groups excluding tert-OH is 1. The van der Waals surface area contributed by atoms with Crippen molar-refractivity contribution in [3.05, 3.63) is 106 Å². The summed E-state index contributed by atoms with van der Waals surface area (Å²) >= 11 is 0. The molecule has 266 valence electrons. The Kier molecular flexibility index (Phi) is 15.4. The van der Waals surface area contributed by atoms with E-state index in [1.54, 1.807) is 43.9 Å². The number of hydrogen-bond acceptors (Lipinski definition) is 6. The molecule has 0 fully saturated rings. The van der Waals surface area contributed by atoms with Crippen LogP contribution < -0.4 is 10.6 Å². The number of ether oxygens (including phenoxy) is 1. The molecule has 0 aliphatic rings. The number of halogens is 2. The Morgan fingerprint density at radius 3 is 2.20 bits per heavy atom. The minimum atomic E-state index is -1.36. The monoisotopic (exact) mass is 679 g/mol. The first kappa shape index (κ1) is 39.3. The summed E-state index contributed by atoms with van der Waals surface area (Å²) in [5.41, 5.74) is 2.31. The van der Waals surface area contributed by atoms with Crippen LogP contribution in [0.25, 0.3) is 0 Å². The van der Waals surface area contributed by atoms with Gasteiger partial charge >= 0.3 is 5.97 Å². The highest BCUT2D eigenvalue weighted by molar-refractivity contribution is 6.00. The van der Waals surface area contributed by atoms with Crippen molar-refractivity contribution < 1.29 is 33.0 Å². The van der Waals surface area contributed by atoms with Crippen molar-refractivity contribution in [2.24, 2.45) is 0 Å². The Morgan fingerprint density at radius 1 is 0.898 bits per heavy atom. The van der Waals surface area contributed by atoms with E-state index >= 15 is 0 Å². The summed E-state index contributed by atoms with van der Waals surface area (Å²) in [6.07, 6.45) is 2.09. The van der Waals surface area contributed by atoms with Crippen LogP contribution in [-0.2, 0) is 28.9 Å². The number of carbonyl (C=O) groups excluding carboxylic acids is 3. The molecular weight excluding hydrogens is 628 g/mol. The molecule has 0 aliphatic heterocycles. The van der Waals surface area contributed by atoms with E-state index in [9.17, 15) is 28.3 Å². The van der Waals surface area contributed by atoms with Crippen LogP contribution in [0.3, 0.4) is 0 Å². The second-order valence-electron chi connectivity index (χ2n) is 12.8. The molecule has 8 nitrogen and oxygen atoms in total. The zero-order valence-corrected chi connectivity index (χ0v) is 29.4. The molecule has 2 amide bonds. The zero-order valence-electron chi connectivity index (χ0n) is 29.4. The number of benzene rings is 3. The SMILES string of the molecule is CCCN(CCC)C(=O)c1cc(C)cc(C(=O)N[C@@](C)(Cc2cc(F)cc(F)c2)[C@H](O)CNCc2cccc(CCCC(=O)OCC)c2)c1. The van der Waals surface area contributed by atoms with Gasteiger partial charge in [-0.05, 0) is 105 Å². The first-order valence-electron chi connectivity index (χ1n) is 17.2. The molecule has 10 heteroatoms. The number of esters is 1. The summed E-state index contributed by atoms with van der Waals surface area (Å²) in [6.45, 7) is 11.3. The third-order valence-electron chi connectivity index (χ3n) is 8.30. The Hall–Kier alpha value is -4.15. The smallest absolute Gasteiger partial charge is 0.305 e. The van der Waals surface area contributed by atoms with E-state index in [0.29, 0.717) is 51.1 Å². The first-order valence-corrected chi connectivity index (χ1v) is 17.2. The van der Waals surface area contributed by atoms with Gasteiger partial charge in [0, 0.05) is 49.8 Å². The lowest BCUT2D eigenvalue weighted by Gasteiger charge is -2.36. The third-order valence-corrected chi connectivity index (χ3v) is 8.30. The maximum absolute atomic E-state index is 14.2. The van der Waals surface area contributed by atoms with E-state index in [2.05, 4.69) is 10.6 Å². The van der Waals surface area contributed by atoms with Gasteiger partial charge in [-0.25, -0.2) is 8.78 Å². The predicted molar refractivity (Wildman–Crippen MR) is 187 cm³/mol. The van der Waals surface area contributed by atoms with Gasteiger partial charge in [-0.1, -0.05) is 38.1 Å². The topological polar surface area (TPSA) is 108 Å². The summed E-state index contributed by atoms with van der Waals surface area (Å²) < 4.78 is 33.4. The molecule has 3 rings (SSSR count). The summed E-state index contributed by atoms with van der Waals surface area (Å²) in [5, 5.41) is 17.7. The molecule has 0 radical (unpaired) electrons. The summed E-state index contributed by atoms with van der Waals surface area (Å²) in [5.74, 6) is -2.42. The lowest BCUT2D eigenvalue weighted by atomic mass is 9.86. The van der Waals surface area contributed by atoms with Gasteiger partial charge in [0.25, 0.3) is 11.8 Å². The van der Waals surface area contributed by atoms with Gasteiger partial charge in [-0.3, -0.25) is 14.4 Å². The van der Waals surface area contributed by atoms with Gasteiger partial charge in [0.15, 0.2) is 0 Å². The van der Waals surface area contributed by atoms with E-state index in [4.69, 9.17) is 4.74 Å². The second kappa shape index (κ2) is 19.1. The van der Waals surface area contributed by atoms with Crippen molar-refractivity contribution in [1.29, 1.82) is 0 Å². The molecule has 0 aromatic heterocycles. The van der Waals surface area contributed by atoms with Crippen LogP contribution in [0.4, 0.5) is 8.78 Å². The van der Waals surface area contributed by atoms with Crippen LogP contribution in [-0.4, -0.2) is 65.7 Å². The molecule has 2 atom stereocenters. The molecule has 0 heterocycles. The molecule has 3 aromatic carbocycles. The van der Waals surface area contributed by atoms with Crippen molar-refractivity contribution >= 4 is 17.8 Å². The Labute approximate surface area is 289 Å². The van der Waals surface area contributed by atoms with Crippen LogP contribution in [0.5, 0.6) is 0 Å². The zero-order chi connectivity index (χ0) is 36.0. The average molecular weight is 680 g/mol. The van der Waals surface area contributed by atoms with E-state index < -0.39 is 29.2 Å². The molecule has 0 spiro atoms. The maximum Gasteiger partial charge on any atom is 0.305 e. The van der Waals surface area contributed by atoms with E-state index in [1.165, 1.54) is 12.1 Å². The molecule has 3 N–H and O–H groups in total. The predicted octanol–water partition coefficient (Wildman–Crippen LogP) is 6.30. The molecule has 0 unspecified atom stereocenters. The molecule has 0 bridgehead atoms. The van der Waals surface area contributed by atoms with Gasteiger partial charge < -0.3 is 25.4 Å². The van der Waals surface area contributed by atoms with Gasteiger partial charge in [-0.15, -0.1) is 0 Å². The van der Waals surface area contributed by atoms with Crippen molar-refractivity contribution in [3.8, 4) is 0 Å². The standard InChI is InChI=1S/C39H51F2N3O5/c1-6-15-44(16-7-2)38(48)32-18-27(4)17-31(22-32)37(47)43-39(5,24-30-20-33(40)23-34(41)21-30)35(45)26-42-25-29-13-9-11-28(19-29)12-10-14-36(46)49-8-3/h9,11,13,17-23,35,42,45H,6-8,10,12,14-16,24-26H2,1-5H3,(H,43,47)/t35-,39+/m1/s1. The fraction of sp³-hybridized carbons (Fsp3) is 0.462. The largest absolute Gasteiger partial charge is 0.466 e. The quantitative estimate of drug-likeness (QED) is 0.128. The Morgan fingerprint density at radius 2 is 1.55 bits per heavy atom. The molecule has 0 aliphatic carbocycles. The number of nitrogens with zero attached hydrogens (tertiary/aromatic N) is 1. The second-order valence-corrected chi connectivity index (χ2v) is 12.8. The van der Waals surface area contributed by atoms with Crippen molar-refractivity contribution in [2.75, 3.05) is 26.2 Å². The Bertz CT molecular complexity index is 1540. The molecular formula is C39H51F2N3O5. The Balaban J connectivity index is 1.78. The highest BCUT2D eigenvalue weighted by Gasteiger charge is 2.35. The number of rotatable bonds is 19. The maximum atomic E-state index is 14.2. The number of carbonyl (C=O) groups is 3. The van der Waals surface area contributed by atoms with E-state index in [0.717, 1.165) is 35.6 Å². The molecule has 49 heavy (non-hydrogen) atoms. The molecule has 3 aromatic rings. The fourth-order valence-corrected chi connectivity index (χ4v) is 5.93. The minimum absolute atomic E-state index is 0.0578.